The van der Waals surface area contributed by atoms with Gasteiger partial charge in [-0.3, -0.25) is 0 Å². The van der Waals surface area contributed by atoms with E-state index in [1.165, 1.54) is 11.1 Å². The van der Waals surface area contributed by atoms with Crippen molar-refractivity contribution >= 4 is 11.6 Å². The maximum Gasteiger partial charge on any atom is 0.0265 e. The first-order valence-electron chi connectivity index (χ1n) is 6.82. The lowest BCUT2D eigenvalue weighted by atomic mass is 9.83. The summed E-state index contributed by atoms with van der Waals surface area (Å²) >= 11 is 6.12. The molecule has 0 aromatic heterocycles. The number of halogens is 1. The Bertz CT molecular complexity index is 436. The highest BCUT2D eigenvalue weighted by molar-refractivity contribution is 6.18. The van der Waals surface area contributed by atoms with Crippen molar-refractivity contribution < 1.29 is 0 Å². The highest BCUT2D eigenvalue weighted by Gasteiger charge is 2.67. The largest absolute Gasteiger partial charge is 0.126 e. The minimum atomic E-state index is 0.227. The van der Waals surface area contributed by atoms with E-state index in [2.05, 4.69) is 65.8 Å². The molecule has 0 aliphatic heterocycles. The zero-order valence-electron chi connectivity index (χ0n) is 12.5. The average Bonchev–Trinajstić information content (AvgIpc) is 2.72. The van der Waals surface area contributed by atoms with E-state index in [-0.39, 0.29) is 10.8 Å². The summed E-state index contributed by atoms with van der Waals surface area (Å²) in [6.45, 7) is 13.8. The van der Waals surface area contributed by atoms with Crippen molar-refractivity contribution in [2.24, 2.45) is 11.3 Å². The Labute approximate surface area is 117 Å². The van der Waals surface area contributed by atoms with Gasteiger partial charge in [-0.25, -0.2) is 0 Å². The van der Waals surface area contributed by atoms with Gasteiger partial charge < -0.3 is 0 Å². The second-order valence-corrected chi connectivity index (χ2v) is 7.77. The molecule has 0 amide bonds. The molecule has 0 radical (unpaired) electrons. The Morgan fingerprint density at radius 1 is 1.06 bits per heavy atom. The van der Waals surface area contributed by atoms with Gasteiger partial charge in [-0.05, 0) is 27.9 Å². The second-order valence-electron chi connectivity index (χ2n) is 7.46. The molecular formula is C17H25Cl. The minimum Gasteiger partial charge on any atom is -0.126 e. The van der Waals surface area contributed by atoms with Crippen LogP contribution < -0.4 is 0 Å². The molecule has 1 aromatic rings. The van der Waals surface area contributed by atoms with E-state index in [4.69, 9.17) is 11.6 Å². The zero-order chi connectivity index (χ0) is 13.8. The van der Waals surface area contributed by atoms with Crippen LogP contribution in [0.2, 0.25) is 0 Å². The van der Waals surface area contributed by atoms with Gasteiger partial charge in [0.15, 0.2) is 0 Å². The van der Waals surface area contributed by atoms with Crippen molar-refractivity contribution in [2.45, 2.75) is 52.4 Å². The van der Waals surface area contributed by atoms with Crippen LogP contribution in [0.5, 0.6) is 0 Å². The van der Waals surface area contributed by atoms with Gasteiger partial charge in [-0.1, -0.05) is 65.8 Å². The molecule has 100 valence electrons. The standard InChI is InChI=1S/C17H25Cl/c1-15(2,3)12-7-9-13(10-8-12)17(6)14(11-18)16(17,4)5/h7-10,14H,11H2,1-6H3. The molecule has 1 aromatic carbocycles. The van der Waals surface area contributed by atoms with Crippen molar-refractivity contribution in [1.29, 1.82) is 0 Å². The molecule has 2 rings (SSSR count). The van der Waals surface area contributed by atoms with Crippen molar-refractivity contribution in [3.05, 3.63) is 35.4 Å². The topological polar surface area (TPSA) is 0 Å². The van der Waals surface area contributed by atoms with Crippen molar-refractivity contribution in [3.63, 3.8) is 0 Å². The third-order valence-corrected chi connectivity index (χ3v) is 5.64. The summed E-state index contributed by atoms with van der Waals surface area (Å²) in [6, 6.07) is 9.16. The molecule has 0 spiro atoms. The fraction of sp³-hybridized carbons (Fsp3) is 0.647. The van der Waals surface area contributed by atoms with Crippen LogP contribution >= 0.6 is 11.6 Å². The number of hydrogen-bond acceptors (Lipinski definition) is 0. The SMILES string of the molecule is CC(C)(C)c1ccc(C2(C)C(CCl)C2(C)C)cc1. The van der Waals surface area contributed by atoms with E-state index < -0.39 is 0 Å². The monoisotopic (exact) mass is 264 g/mol. The molecule has 0 heterocycles. The highest BCUT2D eigenvalue weighted by atomic mass is 35.5. The molecule has 1 saturated carbocycles. The first kappa shape index (κ1) is 13.9. The van der Waals surface area contributed by atoms with E-state index in [0.717, 1.165) is 5.88 Å². The van der Waals surface area contributed by atoms with E-state index in [0.29, 0.717) is 11.3 Å². The summed E-state index contributed by atoms with van der Waals surface area (Å²) in [5, 5.41) is 0. The molecule has 1 fully saturated rings. The molecule has 0 nitrogen and oxygen atoms in total. The van der Waals surface area contributed by atoms with Gasteiger partial charge >= 0.3 is 0 Å². The fourth-order valence-corrected chi connectivity index (χ4v) is 4.03. The van der Waals surface area contributed by atoms with Crippen LogP contribution in [0.3, 0.4) is 0 Å². The van der Waals surface area contributed by atoms with E-state index >= 15 is 0 Å². The molecule has 1 heteroatoms. The lowest BCUT2D eigenvalue weighted by Crippen LogP contribution is -2.13. The Balaban J connectivity index is 2.32. The minimum absolute atomic E-state index is 0.227. The third-order valence-electron chi connectivity index (χ3n) is 5.33. The van der Waals surface area contributed by atoms with Gasteiger partial charge in [0.1, 0.15) is 0 Å². The maximum atomic E-state index is 6.12. The number of alkyl halides is 1. The maximum absolute atomic E-state index is 6.12. The lowest BCUT2D eigenvalue weighted by molar-refractivity contribution is 0.521. The van der Waals surface area contributed by atoms with E-state index in [9.17, 15) is 0 Å². The first-order valence-corrected chi connectivity index (χ1v) is 7.36. The molecule has 2 atom stereocenters. The van der Waals surface area contributed by atoms with E-state index in [1.807, 2.05) is 0 Å². The molecule has 0 saturated heterocycles. The first-order chi connectivity index (χ1) is 8.15. The Hall–Kier alpha value is -0.490. The van der Waals surface area contributed by atoms with Crippen LogP contribution in [0, 0.1) is 11.3 Å². The van der Waals surface area contributed by atoms with Gasteiger partial charge in [-0.2, -0.15) is 0 Å². The van der Waals surface area contributed by atoms with Crippen molar-refractivity contribution in [1.82, 2.24) is 0 Å². The molecule has 18 heavy (non-hydrogen) atoms. The normalized spacial score (nSPS) is 30.3. The Morgan fingerprint density at radius 3 is 1.89 bits per heavy atom. The van der Waals surface area contributed by atoms with Crippen molar-refractivity contribution in [2.75, 3.05) is 5.88 Å². The van der Waals surface area contributed by atoms with Crippen LogP contribution in [0.1, 0.15) is 52.7 Å². The molecule has 2 unspecified atom stereocenters. The Morgan fingerprint density at radius 2 is 1.56 bits per heavy atom. The summed E-state index contributed by atoms with van der Waals surface area (Å²) in [5.41, 5.74) is 3.62. The van der Waals surface area contributed by atoms with Crippen LogP contribution in [-0.4, -0.2) is 5.88 Å². The smallest absolute Gasteiger partial charge is 0.0265 e. The van der Waals surface area contributed by atoms with Crippen LogP contribution in [0.4, 0.5) is 0 Å². The highest BCUT2D eigenvalue weighted by Crippen LogP contribution is 2.69. The predicted molar refractivity (Wildman–Crippen MR) is 80.5 cm³/mol. The van der Waals surface area contributed by atoms with Crippen LogP contribution in [0.15, 0.2) is 24.3 Å². The van der Waals surface area contributed by atoms with E-state index in [1.54, 1.807) is 0 Å². The van der Waals surface area contributed by atoms with Gasteiger partial charge in [-0.15, -0.1) is 11.6 Å². The van der Waals surface area contributed by atoms with Gasteiger partial charge in [0, 0.05) is 11.3 Å². The molecular weight excluding hydrogens is 240 g/mol. The fourth-order valence-electron chi connectivity index (χ4n) is 3.34. The summed E-state index contributed by atoms with van der Waals surface area (Å²) < 4.78 is 0. The Kier molecular flexibility index (Phi) is 3.10. The average molecular weight is 265 g/mol. The quantitative estimate of drug-likeness (QED) is 0.649. The van der Waals surface area contributed by atoms with Crippen LogP contribution in [-0.2, 0) is 10.8 Å². The summed E-state index contributed by atoms with van der Waals surface area (Å²) in [6.07, 6.45) is 0. The number of rotatable bonds is 2. The summed E-state index contributed by atoms with van der Waals surface area (Å²) in [4.78, 5) is 0. The molecule has 0 bridgehead atoms. The summed E-state index contributed by atoms with van der Waals surface area (Å²) in [5.74, 6) is 1.34. The predicted octanol–water partition coefficient (Wildman–Crippen LogP) is 5.14. The van der Waals surface area contributed by atoms with Gasteiger partial charge in [0.25, 0.3) is 0 Å². The molecule has 0 N–H and O–H groups in total. The molecule has 1 aliphatic carbocycles. The van der Waals surface area contributed by atoms with Crippen molar-refractivity contribution in [3.8, 4) is 0 Å². The zero-order valence-corrected chi connectivity index (χ0v) is 13.2. The molecule has 1 aliphatic rings. The van der Waals surface area contributed by atoms with Gasteiger partial charge in [0.05, 0.1) is 0 Å². The third kappa shape index (κ3) is 1.81. The lowest BCUT2D eigenvalue weighted by Gasteiger charge is -2.21. The van der Waals surface area contributed by atoms with Gasteiger partial charge in [0.2, 0.25) is 0 Å². The second kappa shape index (κ2) is 4.00. The summed E-state index contributed by atoms with van der Waals surface area (Å²) in [7, 11) is 0. The number of benzene rings is 1. The van der Waals surface area contributed by atoms with Crippen LogP contribution in [0.25, 0.3) is 0 Å². The number of hydrogen-bond donors (Lipinski definition) is 0.